The van der Waals surface area contributed by atoms with Gasteiger partial charge in [0.1, 0.15) is 11.4 Å². The summed E-state index contributed by atoms with van der Waals surface area (Å²) in [6.07, 6.45) is 3.68. The van der Waals surface area contributed by atoms with E-state index < -0.39 is 0 Å². The van der Waals surface area contributed by atoms with Crippen LogP contribution in [0.15, 0.2) is 71.9 Å². The van der Waals surface area contributed by atoms with Gasteiger partial charge in [0.25, 0.3) is 0 Å². The third-order valence-electron chi connectivity index (χ3n) is 3.10. The molecule has 0 bridgehead atoms. The first-order chi connectivity index (χ1) is 10.2. The first-order valence-corrected chi connectivity index (χ1v) is 6.87. The van der Waals surface area contributed by atoms with E-state index in [4.69, 9.17) is 11.6 Å². The molecule has 0 atom stereocenters. The zero-order valence-corrected chi connectivity index (χ0v) is 11.9. The van der Waals surface area contributed by atoms with Gasteiger partial charge in [0.2, 0.25) is 0 Å². The van der Waals surface area contributed by atoms with Gasteiger partial charge in [0.05, 0.1) is 11.9 Å². The number of aliphatic imine (C=N–C) groups is 1. The van der Waals surface area contributed by atoms with E-state index in [2.05, 4.69) is 4.99 Å². The number of phenolic OH excluding ortho intramolecular Hbond substituents is 1. The Morgan fingerprint density at radius 1 is 0.952 bits per heavy atom. The largest absolute Gasteiger partial charge is 0.506 e. The van der Waals surface area contributed by atoms with Crippen LogP contribution in [0.3, 0.4) is 0 Å². The highest BCUT2D eigenvalue weighted by atomic mass is 35.5. The standard InChI is InChI=1S/C17H13ClN2O/c18-13-7-9-14(10-8-13)20-11-3-4-15(20)12-19-16-5-1-2-6-17(16)21/h1-12,21H. The molecular formula is C17H13ClN2O. The van der Waals surface area contributed by atoms with Gasteiger partial charge in [-0.3, -0.25) is 4.99 Å². The maximum atomic E-state index is 9.72. The summed E-state index contributed by atoms with van der Waals surface area (Å²) in [6.45, 7) is 0. The summed E-state index contributed by atoms with van der Waals surface area (Å²) in [5.74, 6) is 0.165. The summed E-state index contributed by atoms with van der Waals surface area (Å²) in [4.78, 5) is 4.33. The molecule has 0 spiro atoms. The molecule has 104 valence electrons. The second-order valence-electron chi connectivity index (χ2n) is 4.53. The molecule has 0 aliphatic rings. The van der Waals surface area contributed by atoms with E-state index in [9.17, 15) is 5.11 Å². The van der Waals surface area contributed by atoms with Gasteiger partial charge >= 0.3 is 0 Å². The van der Waals surface area contributed by atoms with Gasteiger partial charge in [-0.05, 0) is 48.5 Å². The second-order valence-corrected chi connectivity index (χ2v) is 4.96. The van der Waals surface area contributed by atoms with Crippen molar-refractivity contribution >= 4 is 23.5 Å². The van der Waals surface area contributed by atoms with Crippen LogP contribution in [0, 0.1) is 0 Å². The maximum absolute atomic E-state index is 9.72. The Balaban J connectivity index is 1.93. The van der Waals surface area contributed by atoms with Crippen molar-refractivity contribution in [3.05, 3.63) is 77.6 Å². The van der Waals surface area contributed by atoms with Crippen LogP contribution in [-0.2, 0) is 0 Å². The molecule has 3 rings (SSSR count). The average Bonchev–Trinajstić information content (AvgIpc) is 2.96. The van der Waals surface area contributed by atoms with E-state index >= 15 is 0 Å². The quantitative estimate of drug-likeness (QED) is 0.705. The van der Waals surface area contributed by atoms with E-state index in [0.29, 0.717) is 10.7 Å². The molecule has 2 aromatic carbocycles. The summed E-state index contributed by atoms with van der Waals surface area (Å²) in [6, 6.07) is 18.5. The third-order valence-corrected chi connectivity index (χ3v) is 3.35. The van der Waals surface area contributed by atoms with E-state index in [1.807, 2.05) is 53.2 Å². The summed E-state index contributed by atoms with van der Waals surface area (Å²) < 4.78 is 2.00. The Morgan fingerprint density at radius 3 is 2.48 bits per heavy atom. The number of phenols is 1. The molecule has 3 nitrogen and oxygen atoms in total. The van der Waals surface area contributed by atoms with Crippen molar-refractivity contribution in [1.82, 2.24) is 4.57 Å². The van der Waals surface area contributed by atoms with Crippen LogP contribution in [0.5, 0.6) is 5.75 Å². The lowest BCUT2D eigenvalue weighted by Crippen LogP contribution is -1.97. The summed E-state index contributed by atoms with van der Waals surface area (Å²) >= 11 is 5.91. The topological polar surface area (TPSA) is 37.5 Å². The Morgan fingerprint density at radius 2 is 1.71 bits per heavy atom. The molecular weight excluding hydrogens is 284 g/mol. The van der Waals surface area contributed by atoms with Crippen molar-refractivity contribution in [2.75, 3.05) is 0 Å². The lowest BCUT2D eigenvalue weighted by atomic mass is 10.3. The molecule has 0 radical (unpaired) electrons. The molecule has 0 saturated carbocycles. The number of aromatic nitrogens is 1. The van der Waals surface area contributed by atoms with Crippen LogP contribution in [0.2, 0.25) is 5.02 Å². The number of rotatable bonds is 3. The summed E-state index contributed by atoms with van der Waals surface area (Å²) in [7, 11) is 0. The van der Waals surface area contributed by atoms with Gasteiger partial charge in [-0.2, -0.15) is 0 Å². The fraction of sp³-hybridized carbons (Fsp3) is 0. The Labute approximate surface area is 127 Å². The molecule has 0 aliphatic heterocycles. The predicted octanol–water partition coefficient (Wildman–Crippen LogP) is 4.59. The third kappa shape index (κ3) is 2.98. The maximum Gasteiger partial charge on any atom is 0.141 e. The fourth-order valence-electron chi connectivity index (χ4n) is 2.05. The van der Waals surface area contributed by atoms with Crippen LogP contribution in [0.1, 0.15) is 5.69 Å². The number of hydrogen-bond acceptors (Lipinski definition) is 2. The van der Waals surface area contributed by atoms with E-state index in [-0.39, 0.29) is 5.75 Å². The highest BCUT2D eigenvalue weighted by Crippen LogP contribution is 2.25. The van der Waals surface area contributed by atoms with Gasteiger partial charge in [-0.25, -0.2) is 0 Å². The minimum atomic E-state index is 0.165. The van der Waals surface area contributed by atoms with Crippen molar-refractivity contribution < 1.29 is 5.11 Å². The van der Waals surface area contributed by atoms with Crippen LogP contribution in [0.25, 0.3) is 5.69 Å². The molecule has 21 heavy (non-hydrogen) atoms. The number of hydrogen-bond donors (Lipinski definition) is 1. The number of halogens is 1. The van der Waals surface area contributed by atoms with Crippen LogP contribution in [-0.4, -0.2) is 15.9 Å². The summed E-state index contributed by atoms with van der Waals surface area (Å²) in [5, 5.41) is 10.4. The number of aromatic hydroxyl groups is 1. The first kappa shape index (κ1) is 13.5. The van der Waals surface area contributed by atoms with Crippen LogP contribution < -0.4 is 0 Å². The van der Waals surface area contributed by atoms with Crippen LogP contribution in [0.4, 0.5) is 5.69 Å². The Bertz CT molecular complexity index is 775. The van der Waals surface area contributed by atoms with Crippen molar-refractivity contribution in [1.29, 1.82) is 0 Å². The van der Waals surface area contributed by atoms with Crippen molar-refractivity contribution in [2.24, 2.45) is 4.99 Å². The molecule has 0 aliphatic carbocycles. The first-order valence-electron chi connectivity index (χ1n) is 6.49. The molecule has 0 fully saturated rings. The Hall–Kier alpha value is -2.52. The molecule has 3 aromatic rings. The summed E-state index contributed by atoms with van der Waals surface area (Å²) in [5.41, 5.74) is 2.46. The number of benzene rings is 2. The highest BCUT2D eigenvalue weighted by molar-refractivity contribution is 6.30. The van der Waals surface area contributed by atoms with Crippen LogP contribution >= 0.6 is 11.6 Å². The van der Waals surface area contributed by atoms with Crippen molar-refractivity contribution in [2.45, 2.75) is 0 Å². The predicted molar refractivity (Wildman–Crippen MR) is 86.1 cm³/mol. The number of nitrogens with zero attached hydrogens (tertiary/aromatic N) is 2. The average molecular weight is 297 g/mol. The number of para-hydroxylation sites is 2. The van der Waals surface area contributed by atoms with E-state index in [0.717, 1.165) is 11.4 Å². The van der Waals surface area contributed by atoms with Crippen molar-refractivity contribution in [3.63, 3.8) is 0 Å². The van der Waals surface area contributed by atoms with E-state index in [1.165, 1.54) is 0 Å². The Kier molecular flexibility index (Phi) is 3.75. The minimum Gasteiger partial charge on any atom is -0.506 e. The normalized spacial score (nSPS) is 11.1. The molecule has 0 amide bonds. The van der Waals surface area contributed by atoms with Gasteiger partial charge in [-0.1, -0.05) is 23.7 Å². The molecule has 1 heterocycles. The lowest BCUT2D eigenvalue weighted by molar-refractivity contribution is 0.477. The van der Waals surface area contributed by atoms with Crippen molar-refractivity contribution in [3.8, 4) is 11.4 Å². The highest BCUT2D eigenvalue weighted by Gasteiger charge is 2.02. The SMILES string of the molecule is Oc1ccccc1N=Cc1cccn1-c1ccc(Cl)cc1. The molecule has 4 heteroatoms. The molecule has 1 aromatic heterocycles. The minimum absolute atomic E-state index is 0.165. The van der Waals surface area contributed by atoms with E-state index in [1.54, 1.807) is 24.4 Å². The zero-order valence-electron chi connectivity index (χ0n) is 11.1. The van der Waals surface area contributed by atoms with Gasteiger partial charge in [-0.15, -0.1) is 0 Å². The second kappa shape index (κ2) is 5.85. The molecule has 0 saturated heterocycles. The molecule has 1 N–H and O–H groups in total. The van der Waals surface area contributed by atoms with Gasteiger partial charge < -0.3 is 9.67 Å². The van der Waals surface area contributed by atoms with Gasteiger partial charge in [0, 0.05) is 16.9 Å². The zero-order chi connectivity index (χ0) is 14.7. The monoisotopic (exact) mass is 296 g/mol. The smallest absolute Gasteiger partial charge is 0.141 e. The molecule has 0 unspecified atom stereocenters. The lowest BCUT2D eigenvalue weighted by Gasteiger charge is -2.06. The fourth-order valence-corrected chi connectivity index (χ4v) is 2.17. The van der Waals surface area contributed by atoms with Gasteiger partial charge in [0.15, 0.2) is 0 Å².